The van der Waals surface area contributed by atoms with Crippen molar-refractivity contribution in [3.05, 3.63) is 24.0 Å². The van der Waals surface area contributed by atoms with Crippen molar-refractivity contribution in [1.82, 2.24) is 4.98 Å². The van der Waals surface area contributed by atoms with E-state index < -0.39 is 18.1 Å². The highest BCUT2D eigenvalue weighted by atomic mass is 16.3. The lowest BCUT2D eigenvalue weighted by atomic mass is 10.1. The van der Waals surface area contributed by atoms with Gasteiger partial charge in [0.2, 0.25) is 5.91 Å². The van der Waals surface area contributed by atoms with Crippen molar-refractivity contribution >= 4 is 5.91 Å². The fraction of sp³-hybridized carbons (Fsp3) is 0.286. The predicted molar refractivity (Wildman–Crippen MR) is 41.0 cm³/mol. The molecule has 2 atom stereocenters. The van der Waals surface area contributed by atoms with E-state index in [1.807, 2.05) is 0 Å². The maximum atomic E-state index is 10.4. The Balaban J connectivity index is 2.71. The van der Waals surface area contributed by atoms with Crippen molar-refractivity contribution in [3.8, 4) is 0 Å². The third kappa shape index (κ3) is 1.63. The molecule has 0 aliphatic carbocycles. The van der Waals surface area contributed by atoms with E-state index in [9.17, 15) is 9.90 Å². The number of amides is 1. The Morgan fingerprint density at radius 3 is 2.67 bits per heavy atom. The van der Waals surface area contributed by atoms with Gasteiger partial charge < -0.3 is 20.9 Å². The molecule has 2 unspecified atom stereocenters. The molecule has 0 aromatic carbocycles. The molecular weight excluding hydrogens is 160 g/mol. The number of aliphatic hydroxyl groups excluding tert-OH is 2. The van der Waals surface area contributed by atoms with Crippen molar-refractivity contribution in [2.45, 2.75) is 12.2 Å². The van der Waals surface area contributed by atoms with Crippen LogP contribution in [0.5, 0.6) is 0 Å². The molecule has 12 heavy (non-hydrogen) atoms. The Labute approximate surface area is 68.8 Å². The molecule has 0 spiro atoms. The van der Waals surface area contributed by atoms with E-state index >= 15 is 0 Å². The van der Waals surface area contributed by atoms with Crippen molar-refractivity contribution < 1.29 is 15.0 Å². The highest BCUT2D eigenvalue weighted by molar-refractivity contribution is 5.79. The SMILES string of the molecule is NC(=O)C(O)C(O)c1cc[nH]c1. The third-order valence-corrected chi connectivity index (χ3v) is 1.55. The maximum absolute atomic E-state index is 10.4. The van der Waals surface area contributed by atoms with Crippen LogP contribution in [0, 0.1) is 0 Å². The number of nitrogens with two attached hydrogens (primary N) is 1. The lowest BCUT2D eigenvalue weighted by Crippen LogP contribution is -2.33. The molecule has 1 aromatic rings. The number of rotatable bonds is 3. The fourth-order valence-corrected chi connectivity index (χ4v) is 0.859. The average Bonchev–Trinajstić information content (AvgIpc) is 2.53. The first-order valence-corrected chi connectivity index (χ1v) is 3.41. The first-order chi connectivity index (χ1) is 5.63. The maximum Gasteiger partial charge on any atom is 0.249 e. The van der Waals surface area contributed by atoms with E-state index in [0.717, 1.165) is 0 Å². The summed E-state index contributed by atoms with van der Waals surface area (Å²) in [5.74, 6) is -0.941. The van der Waals surface area contributed by atoms with Crippen LogP contribution >= 0.6 is 0 Å². The molecule has 1 aromatic heterocycles. The molecule has 0 saturated carbocycles. The lowest BCUT2D eigenvalue weighted by molar-refractivity contribution is -0.131. The van der Waals surface area contributed by atoms with E-state index in [1.54, 1.807) is 12.3 Å². The molecule has 1 rings (SSSR count). The highest BCUT2D eigenvalue weighted by Gasteiger charge is 2.23. The zero-order valence-corrected chi connectivity index (χ0v) is 6.27. The van der Waals surface area contributed by atoms with Gasteiger partial charge in [0.15, 0.2) is 6.10 Å². The lowest BCUT2D eigenvalue weighted by Gasteiger charge is -2.12. The Hall–Kier alpha value is -1.33. The molecule has 1 amide bonds. The van der Waals surface area contributed by atoms with Crippen molar-refractivity contribution in [1.29, 1.82) is 0 Å². The second-order valence-corrected chi connectivity index (χ2v) is 2.44. The summed E-state index contributed by atoms with van der Waals surface area (Å²) in [6.45, 7) is 0. The Bertz CT molecular complexity index is 258. The van der Waals surface area contributed by atoms with Crippen LogP contribution in [0.25, 0.3) is 0 Å². The number of aromatic nitrogens is 1. The standard InChI is InChI=1S/C7H10N2O3/c8-7(12)6(11)5(10)4-1-2-9-3-4/h1-3,5-6,9-11H,(H2,8,12). The summed E-state index contributed by atoms with van der Waals surface area (Å²) in [5, 5.41) is 18.3. The van der Waals surface area contributed by atoms with Gasteiger partial charge in [-0.15, -0.1) is 0 Å². The van der Waals surface area contributed by atoms with Gasteiger partial charge in [-0.25, -0.2) is 0 Å². The molecular formula is C7H10N2O3. The summed E-state index contributed by atoms with van der Waals surface area (Å²) in [5.41, 5.74) is 5.22. The molecule has 5 N–H and O–H groups in total. The van der Waals surface area contributed by atoms with E-state index in [2.05, 4.69) is 4.98 Å². The van der Waals surface area contributed by atoms with Gasteiger partial charge in [-0.1, -0.05) is 0 Å². The molecule has 0 bridgehead atoms. The molecule has 1 heterocycles. The third-order valence-electron chi connectivity index (χ3n) is 1.55. The number of aliphatic hydroxyl groups is 2. The second kappa shape index (κ2) is 3.38. The van der Waals surface area contributed by atoms with Crippen molar-refractivity contribution in [3.63, 3.8) is 0 Å². The Morgan fingerprint density at radius 1 is 1.58 bits per heavy atom. The largest absolute Gasteiger partial charge is 0.385 e. The van der Waals surface area contributed by atoms with Crippen LogP contribution < -0.4 is 5.73 Å². The zero-order valence-electron chi connectivity index (χ0n) is 6.27. The van der Waals surface area contributed by atoms with Gasteiger partial charge in [-0.2, -0.15) is 0 Å². The summed E-state index contributed by atoms with van der Waals surface area (Å²) in [4.78, 5) is 13.1. The molecule has 0 aliphatic rings. The van der Waals surface area contributed by atoms with E-state index in [-0.39, 0.29) is 0 Å². The van der Waals surface area contributed by atoms with Gasteiger partial charge in [-0.05, 0) is 6.07 Å². The summed E-state index contributed by atoms with van der Waals surface area (Å²) in [6.07, 6.45) is 0.248. The monoisotopic (exact) mass is 170 g/mol. The topological polar surface area (TPSA) is 99.3 Å². The van der Waals surface area contributed by atoms with Gasteiger partial charge in [0.25, 0.3) is 0 Å². The van der Waals surface area contributed by atoms with Crippen LogP contribution in [0.1, 0.15) is 11.7 Å². The number of primary amides is 1. The van der Waals surface area contributed by atoms with E-state index in [4.69, 9.17) is 10.8 Å². The zero-order chi connectivity index (χ0) is 9.14. The summed E-state index contributed by atoms with van der Waals surface area (Å²) in [6, 6.07) is 1.55. The molecule has 0 fully saturated rings. The second-order valence-electron chi connectivity index (χ2n) is 2.44. The first-order valence-electron chi connectivity index (χ1n) is 3.41. The molecule has 0 radical (unpaired) electrons. The molecule has 5 heteroatoms. The molecule has 0 saturated heterocycles. The van der Waals surface area contributed by atoms with Crippen LogP contribution in [-0.4, -0.2) is 27.2 Å². The number of carbonyl (C=O) groups excluding carboxylic acids is 1. The van der Waals surface area contributed by atoms with Crippen LogP contribution in [0.15, 0.2) is 18.5 Å². The van der Waals surface area contributed by atoms with Gasteiger partial charge >= 0.3 is 0 Å². The number of H-pyrrole nitrogens is 1. The number of hydrogen-bond donors (Lipinski definition) is 4. The number of aromatic amines is 1. The number of nitrogens with one attached hydrogen (secondary N) is 1. The summed E-state index contributed by atoms with van der Waals surface area (Å²) < 4.78 is 0. The van der Waals surface area contributed by atoms with Crippen LogP contribution in [0.4, 0.5) is 0 Å². The molecule has 5 nitrogen and oxygen atoms in total. The Kier molecular flexibility index (Phi) is 2.47. The summed E-state index contributed by atoms with van der Waals surface area (Å²) >= 11 is 0. The average molecular weight is 170 g/mol. The van der Waals surface area contributed by atoms with E-state index in [0.29, 0.717) is 5.56 Å². The quantitative estimate of drug-likeness (QED) is 0.463. The fourth-order valence-electron chi connectivity index (χ4n) is 0.859. The van der Waals surface area contributed by atoms with Gasteiger partial charge in [0.05, 0.1) is 0 Å². The minimum atomic E-state index is -1.55. The predicted octanol–water partition coefficient (Wildman–Crippen LogP) is -1.11. The minimum absolute atomic E-state index is 0.432. The van der Waals surface area contributed by atoms with Gasteiger partial charge in [-0.3, -0.25) is 4.79 Å². The smallest absolute Gasteiger partial charge is 0.249 e. The van der Waals surface area contributed by atoms with Gasteiger partial charge in [0.1, 0.15) is 6.10 Å². The number of hydrogen-bond acceptors (Lipinski definition) is 3. The van der Waals surface area contributed by atoms with Crippen LogP contribution in [0.3, 0.4) is 0 Å². The first kappa shape index (κ1) is 8.76. The van der Waals surface area contributed by atoms with Crippen molar-refractivity contribution in [2.75, 3.05) is 0 Å². The van der Waals surface area contributed by atoms with Gasteiger partial charge in [0, 0.05) is 18.0 Å². The normalized spacial score (nSPS) is 15.5. The highest BCUT2D eigenvalue weighted by Crippen LogP contribution is 2.15. The van der Waals surface area contributed by atoms with Crippen LogP contribution in [-0.2, 0) is 4.79 Å². The van der Waals surface area contributed by atoms with Crippen LogP contribution in [0.2, 0.25) is 0 Å². The molecule has 66 valence electrons. The minimum Gasteiger partial charge on any atom is -0.385 e. The summed E-state index contributed by atoms with van der Waals surface area (Å²) in [7, 11) is 0. The van der Waals surface area contributed by atoms with E-state index in [1.165, 1.54) is 6.20 Å². The molecule has 0 aliphatic heterocycles. The Morgan fingerprint density at radius 2 is 2.25 bits per heavy atom. The number of carbonyl (C=O) groups is 1. The van der Waals surface area contributed by atoms with Crippen molar-refractivity contribution in [2.24, 2.45) is 5.73 Å².